The highest BCUT2D eigenvalue weighted by Crippen LogP contribution is 2.37. The Morgan fingerprint density at radius 2 is 1.81 bits per heavy atom. The molecule has 158 valence electrons. The zero-order valence-electron chi connectivity index (χ0n) is 15.2. The minimum Gasteiger partial charge on any atom is -0.387 e. The fourth-order valence-corrected chi connectivity index (χ4v) is 4.36. The molecule has 2 bridgehead atoms. The zero-order valence-corrected chi connectivity index (χ0v) is 16.0. The number of hydrogen-bond donors (Lipinski definition) is 3. The number of ether oxygens (including phenoxy) is 5. The third-order valence-corrected chi connectivity index (χ3v) is 5.70. The van der Waals surface area contributed by atoms with Crippen molar-refractivity contribution in [1.82, 2.24) is 0 Å². The van der Waals surface area contributed by atoms with Gasteiger partial charge in [-0.25, -0.2) is 4.18 Å². The molecule has 0 spiro atoms. The van der Waals surface area contributed by atoms with Gasteiger partial charge in [0.05, 0.1) is 12.7 Å². The number of fused-ring (bicyclic) bond motifs is 2. The van der Waals surface area contributed by atoms with Crippen molar-refractivity contribution in [2.45, 2.75) is 75.6 Å². The Labute approximate surface area is 157 Å². The van der Waals surface area contributed by atoms with E-state index in [9.17, 15) is 18.6 Å². The molecule has 0 aromatic heterocycles. The second-order valence-corrected chi connectivity index (χ2v) is 8.01. The van der Waals surface area contributed by atoms with E-state index < -0.39 is 71.6 Å². The van der Waals surface area contributed by atoms with Crippen LogP contribution in [0.3, 0.4) is 0 Å². The summed E-state index contributed by atoms with van der Waals surface area (Å²) in [4.78, 5) is 0. The van der Waals surface area contributed by atoms with Gasteiger partial charge in [0.15, 0.2) is 12.6 Å². The van der Waals surface area contributed by atoms with Crippen LogP contribution in [0.15, 0.2) is 0 Å². The summed E-state index contributed by atoms with van der Waals surface area (Å²) >= 11 is 0. The Kier molecular flexibility index (Phi) is 6.43. The second-order valence-electron chi connectivity index (χ2n) is 6.96. The number of rotatable bonds is 6. The summed E-state index contributed by atoms with van der Waals surface area (Å²) in [6, 6.07) is 0. The molecule has 12 heteroatoms. The van der Waals surface area contributed by atoms with Crippen LogP contribution in [-0.4, -0.2) is 92.2 Å². The van der Waals surface area contributed by atoms with Gasteiger partial charge in [0.1, 0.15) is 36.6 Å². The summed E-state index contributed by atoms with van der Waals surface area (Å²) in [6.07, 6.45) is -7.65. The van der Waals surface area contributed by atoms with Gasteiger partial charge in [-0.2, -0.15) is 8.42 Å². The maximum absolute atomic E-state index is 11.1. The molecule has 0 aliphatic carbocycles. The fraction of sp³-hybridized carbons (Fsp3) is 1.00. The zero-order chi connectivity index (χ0) is 19.9. The molecule has 0 radical (unpaired) electrons. The minimum atomic E-state index is -4.71. The third kappa shape index (κ3) is 4.29. The maximum Gasteiger partial charge on any atom is 0.397 e. The molecule has 3 aliphatic heterocycles. The minimum absolute atomic E-state index is 0.191. The van der Waals surface area contributed by atoms with Crippen LogP contribution in [0.4, 0.5) is 0 Å². The van der Waals surface area contributed by atoms with Crippen molar-refractivity contribution < 1.29 is 51.1 Å². The van der Waals surface area contributed by atoms with Gasteiger partial charge in [-0.05, 0) is 6.42 Å². The van der Waals surface area contributed by atoms with E-state index in [-0.39, 0.29) is 6.61 Å². The van der Waals surface area contributed by atoms with Crippen molar-refractivity contribution in [2.75, 3.05) is 13.7 Å². The van der Waals surface area contributed by atoms with Gasteiger partial charge in [0.2, 0.25) is 0 Å². The summed E-state index contributed by atoms with van der Waals surface area (Å²) in [7, 11) is -3.30. The summed E-state index contributed by atoms with van der Waals surface area (Å²) in [6.45, 7) is 3.51. The molecule has 0 aromatic rings. The predicted octanol–water partition coefficient (Wildman–Crippen LogP) is -1.18. The summed E-state index contributed by atoms with van der Waals surface area (Å²) < 4.78 is 63.6. The van der Waals surface area contributed by atoms with Crippen molar-refractivity contribution in [2.24, 2.45) is 5.92 Å². The lowest BCUT2D eigenvalue weighted by Gasteiger charge is -2.45. The Bertz CT molecular complexity index is 611. The lowest BCUT2D eigenvalue weighted by Crippen LogP contribution is -2.60. The van der Waals surface area contributed by atoms with Crippen molar-refractivity contribution in [3.8, 4) is 0 Å². The van der Waals surface area contributed by atoms with Gasteiger partial charge >= 0.3 is 10.4 Å². The highest BCUT2D eigenvalue weighted by molar-refractivity contribution is 7.80. The van der Waals surface area contributed by atoms with E-state index in [1.165, 1.54) is 7.11 Å². The number of hydrogen-bond acceptors (Lipinski definition) is 10. The molecular weight excluding hydrogens is 388 g/mol. The molecule has 0 saturated carbocycles. The van der Waals surface area contributed by atoms with E-state index in [0.717, 1.165) is 0 Å². The van der Waals surface area contributed by atoms with Crippen molar-refractivity contribution >= 4 is 10.4 Å². The van der Waals surface area contributed by atoms with Crippen LogP contribution >= 0.6 is 0 Å². The Morgan fingerprint density at radius 3 is 2.41 bits per heavy atom. The first-order valence-corrected chi connectivity index (χ1v) is 10.1. The fourth-order valence-electron chi connectivity index (χ4n) is 3.78. The molecule has 3 N–H and O–H groups in total. The molecule has 11 nitrogen and oxygen atoms in total. The molecule has 3 rings (SSSR count). The number of methoxy groups -OCH3 is 1. The SMILES string of the molecule is CCC1O[C@@H](O[C@H]2C3COC2[C@H](O)[C@@H](OC)O3)C(O)[C@@H](C)[C@H]1OS(=O)(=O)O. The molecule has 3 fully saturated rings. The monoisotopic (exact) mass is 414 g/mol. The third-order valence-electron chi connectivity index (χ3n) is 5.24. The first-order chi connectivity index (χ1) is 12.7. The van der Waals surface area contributed by atoms with Crippen LogP contribution in [0.5, 0.6) is 0 Å². The van der Waals surface area contributed by atoms with E-state index in [0.29, 0.717) is 6.42 Å². The van der Waals surface area contributed by atoms with E-state index in [1.807, 2.05) is 0 Å². The van der Waals surface area contributed by atoms with Gasteiger partial charge in [-0.15, -0.1) is 0 Å². The van der Waals surface area contributed by atoms with Crippen LogP contribution in [0.2, 0.25) is 0 Å². The first-order valence-electron chi connectivity index (χ1n) is 8.78. The van der Waals surface area contributed by atoms with Crippen molar-refractivity contribution in [3.05, 3.63) is 0 Å². The summed E-state index contributed by atoms with van der Waals surface area (Å²) in [5.74, 6) is -0.713. The molecule has 4 unspecified atom stereocenters. The van der Waals surface area contributed by atoms with Crippen LogP contribution in [0.1, 0.15) is 20.3 Å². The average Bonchev–Trinajstić information content (AvgIpc) is 2.91. The second kappa shape index (κ2) is 8.14. The lowest BCUT2D eigenvalue weighted by molar-refractivity contribution is -0.327. The van der Waals surface area contributed by atoms with Gasteiger partial charge < -0.3 is 33.9 Å². The largest absolute Gasteiger partial charge is 0.397 e. The molecule has 3 aliphatic rings. The van der Waals surface area contributed by atoms with Crippen LogP contribution in [0, 0.1) is 5.92 Å². The molecule has 27 heavy (non-hydrogen) atoms. The summed E-state index contributed by atoms with van der Waals surface area (Å²) in [5.41, 5.74) is 0. The van der Waals surface area contributed by atoms with Gasteiger partial charge in [-0.1, -0.05) is 13.8 Å². The van der Waals surface area contributed by atoms with Crippen LogP contribution in [0.25, 0.3) is 0 Å². The van der Waals surface area contributed by atoms with Crippen LogP contribution < -0.4 is 0 Å². The van der Waals surface area contributed by atoms with Crippen LogP contribution in [-0.2, 0) is 38.3 Å². The van der Waals surface area contributed by atoms with E-state index >= 15 is 0 Å². The number of aliphatic hydroxyl groups excluding tert-OH is 2. The molecular formula is C15H26O11S. The standard InChI is InChI=1S/C15H26O11S/c1-4-7-11(26-27(18,19)20)6(2)9(16)15(23-7)25-12-8-5-22-13(12)10(17)14(21-3)24-8/h6-17H,4-5H2,1-3H3,(H,18,19,20)/t6-,7?,8?,9?,10+,11-,12+,13?,14+,15+/m1/s1. The predicted molar refractivity (Wildman–Crippen MR) is 86.8 cm³/mol. The quantitative estimate of drug-likeness (QED) is 0.451. The Morgan fingerprint density at radius 1 is 1.11 bits per heavy atom. The molecule has 10 atom stereocenters. The Balaban J connectivity index is 1.71. The average molecular weight is 414 g/mol. The summed E-state index contributed by atoms with van der Waals surface area (Å²) in [5, 5.41) is 20.8. The van der Waals surface area contributed by atoms with Gasteiger partial charge in [0, 0.05) is 13.0 Å². The van der Waals surface area contributed by atoms with Gasteiger partial charge in [-0.3, -0.25) is 4.55 Å². The first kappa shape index (κ1) is 21.3. The molecule has 3 heterocycles. The highest BCUT2D eigenvalue weighted by atomic mass is 32.3. The normalized spacial score (nSPS) is 47.9. The molecule has 0 aromatic carbocycles. The van der Waals surface area contributed by atoms with Crippen molar-refractivity contribution in [1.29, 1.82) is 0 Å². The Hall–Kier alpha value is -0.410. The number of aliphatic hydroxyl groups is 2. The highest BCUT2D eigenvalue weighted by Gasteiger charge is 2.54. The van der Waals surface area contributed by atoms with E-state index in [2.05, 4.69) is 4.18 Å². The van der Waals surface area contributed by atoms with E-state index in [4.69, 9.17) is 28.2 Å². The lowest BCUT2D eigenvalue weighted by atomic mass is 9.89. The topological polar surface area (TPSA) is 150 Å². The van der Waals surface area contributed by atoms with Crippen molar-refractivity contribution in [3.63, 3.8) is 0 Å². The smallest absolute Gasteiger partial charge is 0.387 e. The van der Waals surface area contributed by atoms with E-state index in [1.54, 1.807) is 13.8 Å². The van der Waals surface area contributed by atoms with Gasteiger partial charge in [0.25, 0.3) is 0 Å². The maximum atomic E-state index is 11.1. The molecule has 3 saturated heterocycles. The molecule has 0 amide bonds.